The predicted molar refractivity (Wildman–Crippen MR) is 47.8 cm³/mol. The van der Waals surface area contributed by atoms with Crippen LogP contribution in [0.3, 0.4) is 0 Å². The number of nitrogens with zero attached hydrogens (tertiary/aromatic N) is 1. The van der Waals surface area contributed by atoms with E-state index in [4.69, 9.17) is 23.4 Å². The highest BCUT2D eigenvalue weighted by atomic mass is 35.5. The number of carbonyl (C=O) groups excluding carboxylic acids is 2. The van der Waals surface area contributed by atoms with Gasteiger partial charge in [0.2, 0.25) is 0 Å². The zero-order chi connectivity index (χ0) is 9.59. The lowest BCUT2D eigenvalue weighted by molar-refractivity contribution is -0.120. The fourth-order valence-electron chi connectivity index (χ4n) is 1.17. The van der Waals surface area contributed by atoms with Crippen LogP contribution in [-0.4, -0.2) is 16.1 Å². The molecule has 0 unspecified atom stereocenters. The summed E-state index contributed by atoms with van der Waals surface area (Å²) in [4.78, 5) is 22.1. The van der Waals surface area contributed by atoms with Crippen LogP contribution in [0.4, 0.5) is 0 Å². The van der Waals surface area contributed by atoms with Gasteiger partial charge in [-0.25, -0.2) is 4.42 Å². The van der Waals surface area contributed by atoms with E-state index >= 15 is 0 Å². The van der Waals surface area contributed by atoms with Gasteiger partial charge in [0.25, 0.3) is 5.91 Å². The van der Waals surface area contributed by atoms with Crippen LogP contribution in [0.15, 0.2) is 34.5 Å². The summed E-state index contributed by atoms with van der Waals surface area (Å²) in [5, 5.41) is 0.0463. The maximum Gasteiger partial charge on any atom is 0.285 e. The van der Waals surface area contributed by atoms with E-state index in [-0.39, 0.29) is 10.8 Å². The Hall–Kier alpha value is -1.06. The summed E-state index contributed by atoms with van der Waals surface area (Å²) in [6.45, 7) is 0. The van der Waals surface area contributed by atoms with E-state index < -0.39 is 5.91 Å². The fourth-order valence-corrected chi connectivity index (χ4v) is 1.68. The van der Waals surface area contributed by atoms with Crippen molar-refractivity contribution in [2.45, 2.75) is 0 Å². The Morgan fingerprint density at radius 1 is 1.23 bits per heavy atom. The number of ketones is 1. The molecule has 3 nitrogen and oxygen atoms in total. The summed E-state index contributed by atoms with van der Waals surface area (Å²) in [6.07, 6.45) is 4.10. The average molecular weight is 216 g/mol. The molecule has 0 fully saturated rings. The second-order valence-electron chi connectivity index (χ2n) is 2.58. The molecule has 1 aliphatic heterocycles. The van der Waals surface area contributed by atoms with Crippen LogP contribution < -0.4 is 0 Å². The molecule has 0 spiro atoms. The maximum absolute atomic E-state index is 11.2. The monoisotopic (exact) mass is 215 g/mol. The largest absolute Gasteiger partial charge is 0.290 e. The van der Waals surface area contributed by atoms with Gasteiger partial charge in [0.05, 0.1) is 5.70 Å². The highest BCUT2D eigenvalue weighted by molar-refractivity contribution is 6.47. The molecule has 13 heavy (non-hydrogen) atoms. The van der Waals surface area contributed by atoms with E-state index in [2.05, 4.69) is 0 Å². The van der Waals surface area contributed by atoms with Gasteiger partial charge in [0.1, 0.15) is 5.03 Å². The van der Waals surface area contributed by atoms with E-state index in [1.807, 2.05) is 0 Å². The summed E-state index contributed by atoms with van der Waals surface area (Å²) in [5.74, 6) is -0.701. The molecule has 0 aromatic rings. The number of hydrogen-bond donors (Lipinski definition) is 0. The minimum atomic E-state index is -0.496. The Balaban J connectivity index is 2.59. The summed E-state index contributed by atoms with van der Waals surface area (Å²) in [7, 11) is 0. The number of carbonyl (C=O) groups is 2. The summed E-state index contributed by atoms with van der Waals surface area (Å²) in [6, 6.07) is 0. The molecule has 0 radical (unpaired) electrons. The lowest BCUT2D eigenvalue weighted by atomic mass is 10.1. The number of hydrogen-bond acceptors (Lipinski definition) is 2. The minimum Gasteiger partial charge on any atom is -0.290 e. The first-order valence-electron chi connectivity index (χ1n) is 3.45. The Labute approximate surface area is 84.0 Å². The summed E-state index contributed by atoms with van der Waals surface area (Å²) in [5.41, 5.74) is 0.852. The Bertz CT molecular complexity index is 406. The van der Waals surface area contributed by atoms with Crippen LogP contribution in [0.25, 0.3) is 0 Å². The van der Waals surface area contributed by atoms with Crippen molar-refractivity contribution in [3.8, 4) is 0 Å². The van der Waals surface area contributed by atoms with E-state index in [9.17, 15) is 9.59 Å². The molecule has 2 aliphatic rings. The van der Waals surface area contributed by atoms with Crippen molar-refractivity contribution in [1.29, 1.82) is 0 Å². The maximum atomic E-state index is 11.2. The molecule has 66 valence electrons. The standard InChI is InChI=1S/C8H3Cl2NO2/c9-7-5-2-1-4(12)3-6(5)11(10)8(7)13/h1-3H. The van der Waals surface area contributed by atoms with Gasteiger partial charge in [-0.15, -0.1) is 0 Å². The Morgan fingerprint density at radius 2 is 1.92 bits per heavy atom. The molecule has 0 aromatic heterocycles. The molecule has 1 amide bonds. The van der Waals surface area contributed by atoms with Gasteiger partial charge in [-0.2, -0.15) is 0 Å². The van der Waals surface area contributed by atoms with E-state index in [0.29, 0.717) is 11.3 Å². The third kappa shape index (κ3) is 1.12. The molecule has 5 heteroatoms. The Morgan fingerprint density at radius 3 is 2.62 bits per heavy atom. The quantitative estimate of drug-likeness (QED) is 0.575. The van der Waals surface area contributed by atoms with Gasteiger partial charge in [-0.05, 0) is 12.2 Å². The summed E-state index contributed by atoms with van der Waals surface area (Å²) >= 11 is 11.3. The van der Waals surface area contributed by atoms with Gasteiger partial charge >= 0.3 is 0 Å². The SMILES string of the molecule is O=C1C=CC2=C(Cl)C(=O)N(Cl)C2=C1. The topological polar surface area (TPSA) is 37.4 Å². The van der Waals surface area contributed by atoms with Crippen molar-refractivity contribution in [3.63, 3.8) is 0 Å². The fraction of sp³-hybridized carbons (Fsp3) is 0. The van der Waals surface area contributed by atoms with Crippen LogP contribution in [0, 0.1) is 0 Å². The number of allylic oxidation sites excluding steroid dienone is 3. The van der Waals surface area contributed by atoms with Crippen LogP contribution in [-0.2, 0) is 9.59 Å². The molecule has 1 aliphatic carbocycles. The van der Waals surface area contributed by atoms with Crippen molar-refractivity contribution in [3.05, 3.63) is 34.5 Å². The number of rotatable bonds is 0. The molecule has 0 bridgehead atoms. The second kappa shape index (κ2) is 2.72. The number of halogens is 2. The molecule has 0 saturated carbocycles. The van der Waals surface area contributed by atoms with Crippen molar-refractivity contribution in [1.82, 2.24) is 4.42 Å². The summed E-state index contributed by atoms with van der Waals surface area (Å²) < 4.78 is 0.846. The van der Waals surface area contributed by atoms with Crippen molar-refractivity contribution in [2.75, 3.05) is 0 Å². The lowest BCUT2D eigenvalue weighted by Crippen LogP contribution is -2.15. The molecule has 0 atom stereocenters. The zero-order valence-corrected chi connectivity index (χ0v) is 7.76. The van der Waals surface area contributed by atoms with Crippen LogP contribution in [0.2, 0.25) is 0 Å². The van der Waals surface area contributed by atoms with Gasteiger partial charge in [-0.1, -0.05) is 11.6 Å². The minimum absolute atomic E-state index is 0.0463. The normalized spacial score (nSPS) is 21.1. The average Bonchev–Trinajstić information content (AvgIpc) is 2.32. The van der Waals surface area contributed by atoms with E-state index in [1.165, 1.54) is 18.2 Å². The Kier molecular flexibility index (Phi) is 1.78. The number of fused-ring (bicyclic) bond motifs is 1. The first kappa shape index (κ1) is 8.53. The van der Waals surface area contributed by atoms with E-state index in [1.54, 1.807) is 0 Å². The van der Waals surface area contributed by atoms with Gasteiger partial charge in [0, 0.05) is 23.4 Å². The molecular weight excluding hydrogens is 213 g/mol. The first-order valence-corrected chi connectivity index (χ1v) is 4.17. The van der Waals surface area contributed by atoms with Crippen LogP contribution in [0.5, 0.6) is 0 Å². The highest BCUT2D eigenvalue weighted by Crippen LogP contribution is 2.35. The lowest BCUT2D eigenvalue weighted by Gasteiger charge is -2.09. The second-order valence-corrected chi connectivity index (χ2v) is 3.29. The van der Waals surface area contributed by atoms with Gasteiger partial charge < -0.3 is 0 Å². The van der Waals surface area contributed by atoms with Crippen molar-refractivity contribution < 1.29 is 9.59 Å². The number of amides is 1. The molecule has 0 aromatic carbocycles. The molecule has 0 N–H and O–H groups in total. The molecule has 2 rings (SSSR count). The smallest absolute Gasteiger partial charge is 0.285 e. The zero-order valence-electron chi connectivity index (χ0n) is 6.25. The molecule has 1 heterocycles. The first-order chi connectivity index (χ1) is 6.11. The van der Waals surface area contributed by atoms with Crippen molar-refractivity contribution >= 4 is 35.1 Å². The van der Waals surface area contributed by atoms with Gasteiger partial charge in [0.15, 0.2) is 5.78 Å². The van der Waals surface area contributed by atoms with Gasteiger partial charge in [-0.3, -0.25) is 9.59 Å². The van der Waals surface area contributed by atoms with E-state index in [0.717, 1.165) is 4.42 Å². The van der Waals surface area contributed by atoms with Crippen molar-refractivity contribution in [2.24, 2.45) is 0 Å². The van der Waals surface area contributed by atoms with Crippen LogP contribution >= 0.6 is 23.4 Å². The molecule has 0 saturated heterocycles. The molecular formula is C8H3Cl2NO2. The third-order valence-corrected chi connectivity index (χ3v) is 2.48. The highest BCUT2D eigenvalue weighted by Gasteiger charge is 2.33. The van der Waals surface area contributed by atoms with Crippen LogP contribution in [0.1, 0.15) is 0 Å². The predicted octanol–water partition coefficient (Wildman–Crippen LogP) is 1.50. The third-order valence-electron chi connectivity index (χ3n) is 1.78.